The highest BCUT2D eigenvalue weighted by Gasteiger charge is 2.53. The zero-order valence-corrected chi connectivity index (χ0v) is 10.5. The average Bonchev–Trinajstić information content (AvgIpc) is 2.77. The van der Waals surface area contributed by atoms with Gasteiger partial charge in [0.1, 0.15) is 0 Å². The molecule has 1 aliphatic heterocycles. The molecule has 0 radical (unpaired) electrons. The lowest BCUT2D eigenvalue weighted by Gasteiger charge is -2.60. The van der Waals surface area contributed by atoms with Crippen LogP contribution in [0.2, 0.25) is 0 Å². The van der Waals surface area contributed by atoms with Gasteiger partial charge in [-0.05, 0) is 44.9 Å². The lowest BCUT2D eigenvalue weighted by Crippen LogP contribution is -2.67. The Hall–Kier alpha value is -0.120. The molecule has 92 valence electrons. The molecule has 1 spiro atoms. The fourth-order valence-electron chi connectivity index (χ4n) is 3.51. The molecule has 0 atom stereocenters. The van der Waals surface area contributed by atoms with E-state index >= 15 is 0 Å². The molecule has 0 bridgehead atoms. The Morgan fingerprint density at radius 3 is 2.38 bits per heavy atom. The maximum absolute atomic E-state index is 9.74. The number of aliphatic hydroxyl groups is 1. The van der Waals surface area contributed by atoms with Gasteiger partial charge >= 0.3 is 0 Å². The van der Waals surface area contributed by atoms with Crippen LogP contribution in [0.5, 0.6) is 0 Å². The summed E-state index contributed by atoms with van der Waals surface area (Å²) < 4.78 is 0. The number of hydrogen-bond donors (Lipinski definition) is 2. The van der Waals surface area contributed by atoms with Gasteiger partial charge in [0.05, 0.1) is 5.60 Å². The van der Waals surface area contributed by atoms with E-state index in [1.54, 1.807) is 0 Å². The van der Waals surface area contributed by atoms with Crippen LogP contribution >= 0.6 is 0 Å². The minimum Gasteiger partial charge on any atom is -0.389 e. The summed E-state index contributed by atoms with van der Waals surface area (Å²) in [6.45, 7) is 7.04. The molecule has 0 unspecified atom stereocenters. The second-order valence-electron chi connectivity index (χ2n) is 7.00. The van der Waals surface area contributed by atoms with Crippen molar-refractivity contribution >= 4 is 0 Å². The zero-order valence-electron chi connectivity index (χ0n) is 10.5. The van der Waals surface area contributed by atoms with Crippen LogP contribution < -0.4 is 5.32 Å². The molecule has 3 fully saturated rings. The third-order valence-corrected chi connectivity index (χ3v) is 4.14. The van der Waals surface area contributed by atoms with Crippen LogP contribution in [-0.4, -0.2) is 47.3 Å². The SMILES string of the molecule is CC(C)(O)CN1CC2(CC(NC3CC3)C2)C1. The van der Waals surface area contributed by atoms with Crippen LogP contribution in [-0.2, 0) is 0 Å². The highest BCUT2D eigenvalue weighted by molar-refractivity contribution is 5.08. The second kappa shape index (κ2) is 3.44. The largest absolute Gasteiger partial charge is 0.389 e. The lowest BCUT2D eigenvalue weighted by molar-refractivity contribution is -0.105. The summed E-state index contributed by atoms with van der Waals surface area (Å²) >= 11 is 0. The highest BCUT2D eigenvalue weighted by Crippen LogP contribution is 2.49. The van der Waals surface area contributed by atoms with Gasteiger partial charge in [0.2, 0.25) is 0 Å². The van der Waals surface area contributed by atoms with Gasteiger partial charge in [0, 0.05) is 31.7 Å². The third-order valence-electron chi connectivity index (χ3n) is 4.14. The molecule has 0 aromatic heterocycles. The summed E-state index contributed by atoms with van der Waals surface area (Å²) in [5.41, 5.74) is 0.0921. The first-order chi connectivity index (χ1) is 7.44. The number of β-amino-alcohol motifs (C(OH)–C–C–N with tert-alkyl or cyclic N) is 1. The minimum absolute atomic E-state index is 0.531. The summed E-state index contributed by atoms with van der Waals surface area (Å²) in [7, 11) is 0. The Bertz CT molecular complexity index is 266. The van der Waals surface area contributed by atoms with Crippen molar-refractivity contribution in [1.82, 2.24) is 10.2 Å². The molecule has 0 amide bonds. The average molecular weight is 224 g/mol. The molecule has 1 heterocycles. The predicted molar refractivity (Wildman–Crippen MR) is 64.4 cm³/mol. The maximum Gasteiger partial charge on any atom is 0.0718 e. The van der Waals surface area contributed by atoms with Crippen molar-refractivity contribution in [3.63, 3.8) is 0 Å². The fraction of sp³-hybridized carbons (Fsp3) is 1.00. The predicted octanol–water partition coefficient (Wildman–Crippen LogP) is 0.974. The third kappa shape index (κ3) is 2.27. The van der Waals surface area contributed by atoms with Crippen LogP contribution in [0.1, 0.15) is 39.5 Å². The maximum atomic E-state index is 9.74. The van der Waals surface area contributed by atoms with Crippen molar-refractivity contribution < 1.29 is 5.11 Å². The Morgan fingerprint density at radius 1 is 1.25 bits per heavy atom. The van der Waals surface area contributed by atoms with E-state index < -0.39 is 5.60 Å². The van der Waals surface area contributed by atoms with E-state index in [1.807, 2.05) is 13.8 Å². The van der Waals surface area contributed by atoms with Gasteiger partial charge in [-0.25, -0.2) is 0 Å². The first kappa shape index (κ1) is 11.0. The number of nitrogens with zero attached hydrogens (tertiary/aromatic N) is 1. The van der Waals surface area contributed by atoms with Crippen molar-refractivity contribution in [1.29, 1.82) is 0 Å². The van der Waals surface area contributed by atoms with E-state index in [2.05, 4.69) is 10.2 Å². The van der Waals surface area contributed by atoms with Gasteiger partial charge in [0.25, 0.3) is 0 Å². The standard InChI is InChI=1S/C13H24N2O/c1-12(2,16)7-15-8-13(9-15)5-11(6-13)14-10-3-4-10/h10-11,14,16H,3-9H2,1-2H3. The molecular formula is C13H24N2O. The number of likely N-dealkylation sites (tertiary alicyclic amines) is 1. The first-order valence-corrected chi connectivity index (χ1v) is 6.65. The summed E-state index contributed by atoms with van der Waals surface area (Å²) in [4.78, 5) is 2.40. The summed E-state index contributed by atoms with van der Waals surface area (Å²) in [6.07, 6.45) is 5.53. The smallest absolute Gasteiger partial charge is 0.0718 e. The van der Waals surface area contributed by atoms with E-state index in [-0.39, 0.29) is 0 Å². The van der Waals surface area contributed by atoms with Crippen molar-refractivity contribution in [2.24, 2.45) is 5.41 Å². The van der Waals surface area contributed by atoms with Crippen LogP contribution in [0, 0.1) is 5.41 Å². The van der Waals surface area contributed by atoms with E-state index in [1.165, 1.54) is 38.8 Å². The van der Waals surface area contributed by atoms with Crippen molar-refractivity contribution in [3.05, 3.63) is 0 Å². The normalized spacial score (nSPS) is 30.2. The van der Waals surface area contributed by atoms with E-state index in [0.717, 1.165) is 18.6 Å². The molecular weight excluding hydrogens is 200 g/mol. The Balaban J connectivity index is 1.38. The van der Waals surface area contributed by atoms with Crippen LogP contribution in [0.4, 0.5) is 0 Å². The zero-order chi connectivity index (χ0) is 11.4. The quantitative estimate of drug-likeness (QED) is 0.747. The van der Waals surface area contributed by atoms with Crippen LogP contribution in [0.3, 0.4) is 0 Å². The van der Waals surface area contributed by atoms with Crippen LogP contribution in [0.25, 0.3) is 0 Å². The van der Waals surface area contributed by atoms with Gasteiger partial charge in [-0.3, -0.25) is 4.90 Å². The molecule has 2 N–H and O–H groups in total. The Kier molecular flexibility index (Phi) is 2.36. The van der Waals surface area contributed by atoms with E-state index in [4.69, 9.17) is 0 Å². The highest BCUT2D eigenvalue weighted by atomic mass is 16.3. The molecule has 3 aliphatic rings. The fourth-order valence-corrected chi connectivity index (χ4v) is 3.51. The van der Waals surface area contributed by atoms with E-state index in [9.17, 15) is 5.11 Å². The van der Waals surface area contributed by atoms with Gasteiger partial charge in [-0.1, -0.05) is 0 Å². The van der Waals surface area contributed by atoms with Gasteiger partial charge in [-0.15, -0.1) is 0 Å². The number of rotatable bonds is 4. The molecule has 0 aromatic carbocycles. The van der Waals surface area contributed by atoms with Crippen LogP contribution in [0.15, 0.2) is 0 Å². The second-order valence-corrected chi connectivity index (χ2v) is 7.00. The van der Waals surface area contributed by atoms with E-state index in [0.29, 0.717) is 5.41 Å². The van der Waals surface area contributed by atoms with Gasteiger partial charge < -0.3 is 10.4 Å². The molecule has 3 nitrogen and oxygen atoms in total. The van der Waals surface area contributed by atoms with Crippen molar-refractivity contribution in [2.45, 2.75) is 57.2 Å². The van der Waals surface area contributed by atoms with Gasteiger partial charge in [-0.2, -0.15) is 0 Å². The number of hydrogen-bond acceptors (Lipinski definition) is 3. The summed E-state index contributed by atoms with van der Waals surface area (Å²) in [5.74, 6) is 0. The molecule has 3 rings (SSSR count). The Labute approximate surface area is 98.2 Å². The topological polar surface area (TPSA) is 35.5 Å². The summed E-state index contributed by atoms with van der Waals surface area (Å²) in [6, 6.07) is 1.66. The lowest BCUT2D eigenvalue weighted by atomic mass is 9.60. The minimum atomic E-state index is -0.531. The molecule has 2 aliphatic carbocycles. The molecule has 16 heavy (non-hydrogen) atoms. The molecule has 0 aromatic rings. The van der Waals surface area contributed by atoms with Crippen molar-refractivity contribution in [3.8, 4) is 0 Å². The summed E-state index contributed by atoms with van der Waals surface area (Å²) in [5, 5.41) is 13.4. The monoisotopic (exact) mass is 224 g/mol. The number of nitrogens with one attached hydrogen (secondary N) is 1. The molecule has 1 saturated heterocycles. The van der Waals surface area contributed by atoms with Gasteiger partial charge in [0.15, 0.2) is 0 Å². The molecule has 2 saturated carbocycles. The Morgan fingerprint density at radius 2 is 1.88 bits per heavy atom. The van der Waals surface area contributed by atoms with Crippen molar-refractivity contribution in [2.75, 3.05) is 19.6 Å². The molecule has 3 heteroatoms. The first-order valence-electron chi connectivity index (χ1n) is 6.65.